The molecule has 0 bridgehead atoms. The van der Waals surface area contributed by atoms with Crippen molar-refractivity contribution in [1.82, 2.24) is 135 Å². The number of hydrogen-bond donors (Lipinski definition) is 22. The molecular formula is C80H160N54. The van der Waals surface area contributed by atoms with Gasteiger partial charge in [0.15, 0.2) is 0 Å². The summed E-state index contributed by atoms with van der Waals surface area (Å²) in [5, 5.41) is 58.7. The zero-order chi connectivity index (χ0) is 100.0. The SMILES string of the molecule is CCCCCN(C)c1nc(N)nc(NC)n1.CCCCCNc1nc(NC)nc(NC)n1.CCCCN(C)c1nc(N)nc(NC)n1.CCCCN(C)c1nc(NC)nc(NC)n1.CCCCNc1nc(NC)nc(NC)n1.CCCN(C)c1nc(NC)nc(NC)n1.CCCNc1nc(NC)nc(NC)n1.CCN(C)c1nc(NC)nc(NC)n1.CCNc1nc(NC)nc(NC)n1. The van der Waals surface area contributed by atoms with Crippen molar-refractivity contribution in [1.29, 1.82) is 0 Å². The third-order valence-electron chi connectivity index (χ3n) is 17.5. The van der Waals surface area contributed by atoms with Gasteiger partial charge >= 0.3 is 0 Å². The van der Waals surface area contributed by atoms with Gasteiger partial charge in [-0.3, -0.25) is 0 Å². The molecule has 0 unspecified atom stereocenters. The Morgan fingerprint density at radius 3 is 0.619 bits per heavy atom. The van der Waals surface area contributed by atoms with Crippen molar-refractivity contribution >= 4 is 161 Å². The Hall–Kier alpha value is -14.3. The summed E-state index contributed by atoms with van der Waals surface area (Å²) < 4.78 is 0. The molecule has 54 nitrogen and oxygen atoms in total. The minimum absolute atomic E-state index is 0.243. The summed E-state index contributed by atoms with van der Waals surface area (Å²) in [7, 11) is 38.3. The molecule has 9 rings (SSSR count). The summed E-state index contributed by atoms with van der Waals surface area (Å²) in [4.78, 5) is 122. The Kier molecular flexibility index (Phi) is 62.8. The predicted octanol–water partition coefficient (Wildman–Crippen LogP) is 8.15. The van der Waals surface area contributed by atoms with E-state index in [2.05, 4.69) is 289 Å². The zero-order valence-corrected chi connectivity index (χ0v) is 85.2. The van der Waals surface area contributed by atoms with Gasteiger partial charge in [0.05, 0.1) is 0 Å². The van der Waals surface area contributed by atoms with Gasteiger partial charge in [-0.2, -0.15) is 135 Å². The van der Waals surface area contributed by atoms with Crippen LogP contribution in [0.1, 0.15) is 152 Å². The number of anilines is 27. The first-order valence-electron chi connectivity index (χ1n) is 45.4. The van der Waals surface area contributed by atoms with E-state index in [4.69, 9.17) is 11.5 Å². The standard InChI is InChI=1S/3C10H20N6.3C9H18N6.2C8H16N6.C7H14N6/c1-5-6-7-16(4)10-14-8(11-2)13-9(12-3)15-10;1-4-5-6-7-16(3)10-14-8(11)13-9(12-2)15-10;1-4-5-6-7-13-10-15-8(11-2)14-9(12-3)16-10;1-5-6-15(4)9-13-7(10-2)12-8(11-3)14-9;1-4-5-6-15(3)9-13-7(10)12-8(11-2)14-9;1-4-5-6-12-9-14-7(10-2)13-8(11-3)15-9;1-5-14(4)8-12-6(9-2)11-7(10-3)13-8;1-4-5-11-8-13-6(9-2)12-7(10-3)14-8;1-4-10-7-12-5(8-2)11-6(9-3)13-7/h5-7H2,1-4H3,(H2,11,12,13,14,15);4-7H2,1-3H3,(H3,11,12,13,14,15);4-7H2,1-3H3,(H3,11,12,13,14,15,16);5-6H2,1-4H3,(H2,10,11,12,13,14);4-6H2,1-3H3,(H3,10,11,12,13,14);4-6H2,1-3H3,(H3,10,11,12,13,14,15);5H2,1-4H3,(H2,9,10,11,12,13);4-5H2,1-3H3,(H3,9,10,11,12,13,14);4H2,1-3H3,(H3,8,9,10,11,12,13). The normalized spacial score (nSPS) is 9.87. The van der Waals surface area contributed by atoms with Crippen LogP contribution >= 0.6 is 0 Å². The Morgan fingerprint density at radius 1 is 0.179 bits per heavy atom. The summed E-state index contributed by atoms with van der Waals surface area (Å²) in [5.74, 6) is 15.1. The van der Waals surface area contributed by atoms with Gasteiger partial charge in [-0.05, 0) is 58.8 Å². The van der Waals surface area contributed by atoms with Crippen molar-refractivity contribution in [3.63, 3.8) is 0 Å². The minimum Gasteiger partial charge on any atom is -0.368 e. The molecule has 9 aromatic rings. The van der Waals surface area contributed by atoms with Crippen LogP contribution in [-0.4, -0.2) is 341 Å². The number of nitrogens with two attached hydrogens (primary N) is 2. The molecule has 0 aliphatic heterocycles. The van der Waals surface area contributed by atoms with Gasteiger partial charge in [-0.1, -0.05) is 93.4 Å². The summed E-state index contributed by atoms with van der Waals surface area (Å²) in [6.45, 7) is 27.1. The fraction of sp³-hybridized carbons (Fsp3) is 0.662. The van der Waals surface area contributed by atoms with Crippen LogP contribution in [-0.2, 0) is 0 Å². The van der Waals surface area contributed by atoms with E-state index in [0.29, 0.717) is 149 Å². The van der Waals surface area contributed by atoms with Crippen LogP contribution in [0.15, 0.2) is 0 Å². The van der Waals surface area contributed by atoms with Crippen LogP contribution in [0, 0.1) is 0 Å². The largest absolute Gasteiger partial charge is 0.368 e. The maximum Gasteiger partial charge on any atom is 0.231 e. The van der Waals surface area contributed by atoms with E-state index in [1.165, 1.54) is 25.7 Å². The molecule has 0 spiro atoms. The molecule has 0 atom stereocenters. The lowest BCUT2D eigenvalue weighted by molar-refractivity contribution is 0.695. The molecule has 0 radical (unpaired) electrons. The number of rotatable bonds is 48. The van der Waals surface area contributed by atoms with E-state index in [1.54, 1.807) is 113 Å². The molecule has 0 aliphatic rings. The Labute approximate surface area is 793 Å². The number of aromatic nitrogens is 27. The predicted molar refractivity (Wildman–Crippen MR) is 556 cm³/mol. The van der Waals surface area contributed by atoms with Gasteiger partial charge in [0, 0.05) is 207 Å². The molecule has 9 heterocycles. The van der Waals surface area contributed by atoms with Crippen molar-refractivity contribution < 1.29 is 0 Å². The van der Waals surface area contributed by atoms with Crippen LogP contribution in [0.4, 0.5) is 161 Å². The van der Waals surface area contributed by atoms with Crippen LogP contribution < -0.4 is 142 Å². The first-order chi connectivity index (χ1) is 64.6. The first-order valence-corrected chi connectivity index (χ1v) is 45.4. The number of nitrogens with one attached hydrogen (secondary N) is 20. The Morgan fingerprint density at radius 2 is 0.381 bits per heavy atom. The molecule has 0 saturated carbocycles. The second-order valence-electron chi connectivity index (χ2n) is 28.2. The third-order valence-corrected chi connectivity index (χ3v) is 17.5. The average molecular weight is 1880 g/mol. The number of nitrogen functional groups attached to an aromatic ring is 2. The van der Waals surface area contributed by atoms with Gasteiger partial charge in [0.1, 0.15) is 0 Å². The van der Waals surface area contributed by atoms with Gasteiger partial charge in [-0.15, -0.1) is 0 Å². The summed E-state index contributed by atoms with van der Waals surface area (Å²) in [6, 6.07) is 0. The Balaban J connectivity index is 0.000000754. The average Bonchev–Trinajstić information content (AvgIpc) is 0.872. The van der Waals surface area contributed by atoms with E-state index in [0.717, 1.165) is 123 Å². The molecule has 0 amide bonds. The fourth-order valence-electron chi connectivity index (χ4n) is 9.93. The summed E-state index contributed by atoms with van der Waals surface area (Å²) in [5.41, 5.74) is 11.2. The quantitative estimate of drug-likeness (QED) is 0.0160. The van der Waals surface area contributed by atoms with E-state index in [9.17, 15) is 0 Å². The lowest BCUT2D eigenvalue weighted by Crippen LogP contribution is -2.22. The second-order valence-corrected chi connectivity index (χ2v) is 28.2. The van der Waals surface area contributed by atoms with Gasteiger partial charge in [0.2, 0.25) is 161 Å². The molecule has 54 heteroatoms. The maximum absolute atomic E-state index is 5.60. The van der Waals surface area contributed by atoms with Crippen molar-refractivity contribution in [2.75, 3.05) is 349 Å². The minimum atomic E-state index is 0.243. The van der Waals surface area contributed by atoms with Crippen LogP contribution in [0.3, 0.4) is 0 Å². The van der Waals surface area contributed by atoms with E-state index < -0.39 is 0 Å². The molecular weight excluding hydrogens is 1720 g/mol. The topological polar surface area (TPSA) is 657 Å². The number of unbranched alkanes of at least 4 members (excludes halogenated alkanes) is 7. The first kappa shape index (κ1) is 118. The molecule has 0 saturated heterocycles. The van der Waals surface area contributed by atoms with E-state index >= 15 is 0 Å². The van der Waals surface area contributed by atoms with Crippen molar-refractivity contribution in [3.8, 4) is 0 Å². The molecule has 134 heavy (non-hydrogen) atoms. The number of nitrogens with zero attached hydrogens (tertiary/aromatic N) is 32. The van der Waals surface area contributed by atoms with Gasteiger partial charge in [0.25, 0.3) is 0 Å². The molecule has 0 aromatic carbocycles. The third kappa shape index (κ3) is 48.5. The Bertz CT molecular complexity index is 4370. The van der Waals surface area contributed by atoms with Crippen LogP contribution in [0.25, 0.3) is 0 Å². The fourth-order valence-corrected chi connectivity index (χ4v) is 9.93. The van der Waals surface area contributed by atoms with Gasteiger partial charge < -0.3 is 142 Å². The lowest BCUT2D eigenvalue weighted by atomic mass is 10.2. The van der Waals surface area contributed by atoms with Crippen molar-refractivity contribution in [2.45, 2.75) is 152 Å². The lowest BCUT2D eigenvalue weighted by Gasteiger charge is -2.17. The second kappa shape index (κ2) is 71.4. The smallest absolute Gasteiger partial charge is 0.231 e. The highest BCUT2D eigenvalue weighted by Gasteiger charge is 2.15. The van der Waals surface area contributed by atoms with E-state index in [1.807, 2.05) is 73.6 Å². The molecule has 0 fully saturated rings. The van der Waals surface area contributed by atoms with Crippen LogP contribution in [0.5, 0.6) is 0 Å². The highest BCUT2D eigenvalue weighted by molar-refractivity contribution is 5.49. The van der Waals surface area contributed by atoms with Crippen molar-refractivity contribution in [2.24, 2.45) is 0 Å². The number of hydrogen-bond acceptors (Lipinski definition) is 54. The highest BCUT2D eigenvalue weighted by Crippen LogP contribution is 2.19. The van der Waals surface area contributed by atoms with Gasteiger partial charge in [-0.25, -0.2) is 0 Å². The highest BCUT2D eigenvalue weighted by atomic mass is 15.4. The van der Waals surface area contributed by atoms with E-state index in [-0.39, 0.29) is 11.9 Å². The molecule has 750 valence electrons. The summed E-state index contributed by atoms with van der Waals surface area (Å²) in [6.07, 6.45) is 16.0. The maximum atomic E-state index is 5.60. The van der Waals surface area contributed by atoms with Crippen LogP contribution in [0.2, 0.25) is 0 Å². The molecule has 9 aromatic heterocycles. The zero-order valence-electron chi connectivity index (χ0n) is 85.2. The summed E-state index contributed by atoms with van der Waals surface area (Å²) >= 11 is 0. The monoisotopic (exact) mass is 1880 g/mol. The van der Waals surface area contributed by atoms with Crippen molar-refractivity contribution in [3.05, 3.63) is 0 Å². The molecule has 24 N–H and O–H groups in total. The molecule has 0 aliphatic carbocycles.